The summed E-state index contributed by atoms with van der Waals surface area (Å²) in [4.78, 5) is 13.1. The van der Waals surface area contributed by atoms with Gasteiger partial charge in [-0.1, -0.05) is 0 Å². The number of imidazole rings is 1. The van der Waals surface area contributed by atoms with Gasteiger partial charge in [-0.3, -0.25) is 0 Å². The van der Waals surface area contributed by atoms with Crippen LogP contribution in [0.1, 0.15) is 18.2 Å². The quantitative estimate of drug-likeness (QED) is 0.835. The van der Waals surface area contributed by atoms with Crippen molar-refractivity contribution in [1.82, 2.24) is 24.8 Å². The van der Waals surface area contributed by atoms with Crippen LogP contribution in [0.25, 0.3) is 11.4 Å². The molecule has 0 fully saturated rings. The third kappa shape index (κ3) is 1.82. The lowest BCUT2D eigenvalue weighted by Crippen LogP contribution is -2.25. The predicted octanol–water partition coefficient (Wildman–Crippen LogP) is 1.01. The second-order valence-electron chi connectivity index (χ2n) is 4.16. The first-order valence-electron chi connectivity index (χ1n) is 5.94. The maximum absolute atomic E-state index is 4.41. The van der Waals surface area contributed by atoms with E-state index in [1.807, 2.05) is 12.5 Å². The summed E-state index contributed by atoms with van der Waals surface area (Å²) in [5.74, 6) is 0. The van der Waals surface area contributed by atoms with Crippen molar-refractivity contribution in [2.24, 2.45) is 0 Å². The van der Waals surface area contributed by atoms with Crippen molar-refractivity contribution >= 4 is 0 Å². The minimum Gasteiger partial charge on any atom is -0.337 e. The zero-order valence-electron chi connectivity index (χ0n) is 9.85. The minimum absolute atomic E-state index is 0.838. The van der Waals surface area contributed by atoms with E-state index >= 15 is 0 Å². The molecule has 1 N–H and O–H groups in total. The molecule has 0 saturated carbocycles. The molecule has 5 nitrogen and oxygen atoms in total. The summed E-state index contributed by atoms with van der Waals surface area (Å²) >= 11 is 0. The molecule has 0 amide bonds. The molecule has 0 unspecified atom stereocenters. The fraction of sp³-hybridized carbons (Fsp3) is 0.417. The van der Waals surface area contributed by atoms with Crippen LogP contribution in [0, 0.1) is 0 Å². The lowest BCUT2D eigenvalue weighted by atomic mass is 10.0. The fourth-order valence-electron chi connectivity index (χ4n) is 2.15. The second kappa shape index (κ2) is 4.25. The average Bonchev–Trinajstić information content (AvgIpc) is 2.87. The minimum atomic E-state index is 0.838. The Labute approximate surface area is 99.9 Å². The number of nitrogens with zero attached hydrogens (tertiary/aromatic N) is 4. The van der Waals surface area contributed by atoms with Gasteiger partial charge in [0, 0.05) is 37.8 Å². The summed E-state index contributed by atoms with van der Waals surface area (Å²) in [6.07, 6.45) is 6.50. The number of hydrogen-bond acceptors (Lipinski definition) is 4. The molecule has 1 aliphatic heterocycles. The zero-order chi connectivity index (χ0) is 11.7. The normalized spacial score (nSPS) is 14.6. The number of hydrogen-bond donors (Lipinski definition) is 1. The van der Waals surface area contributed by atoms with Crippen molar-refractivity contribution in [2.45, 2.75) is 26.4 Å². The van der Waals surface area contributed by atoms with Crippen LogP contribution in [0.2, 0.25) is 0 Å². The lowest BCUT2D eigenvalue weighted by molar-refractivity contribution is 0.627. The molecule has 2 aromatic rings. The Morgan fingerprint density at radius 2 is 2.29 bits per heavy atom. The van der Waals surface area contributed by atoms with E-state index in [1.165, 1.54) is 5.56 Å². The number of nitrogens with one attached hydrogen (secondary N) is 1. The molecule has 0 saturated heterocycles. The van der Waals surface area contributed by atoms with Crippen molar-refractivity contribution in [1.29, 1.82) is 0 Å². The van der Waals surface area contributed by atoms with Crippen LogP contribution in [-0.2, 0) is 19.5 Å². The van der Waals surface area contributed by atoms with Crippen LogP contribution in [0.15, 0.2) is 18.9 Å². The predicted molar refractivity (Wildman–Crippen MR) is 64.3 cm³/mol. The van der Waals surface area contributed by atoms with Gasteiger partial charge in [0.05, 0.1) is 17.7 Å². The van der Waals surface area contributed by atoms with Gasteiger partial charge in [0.2, 0.25) is 0 Å². The third-order valence-electron chi connectivity index (χ3n) is 3.12. The highest BCUT2D eigenvalue weighted by molar-refractivity contribution is 5.59. The summed E-state index contributed by atoms with van der Waals surface area (Å²) in [6.45, 7) is 4.86. The number of rotatable bonds is 2. The SMILES string of the molecule is CCn1cnc(-c2ncnc3c2CNCC3)c1. The van der Waals surface area contributed by atoms with Crippen molar-refractivity contribution < 1.29 is 0 Å². The molecule has 1 aliphatic rings. The van der Waals surface area contributed by atoms with E-state index in [0.29, 0.717) is 0 Å². The molecule has 88 valence electrons. The van der Waals surface area contributed by atoms with Gasteiger partial charge in [-0.15, -0.1) is 0 Å². The van der Waals surface area contributed by atoms with Gasteiger partial charge in [-0.05, 0) is 6.92 Å². The molecule has 17 heavy (non-hydrogen) atoms. The second-order valence-corrected chi connectivity index (χ2v) is 4.16. The lowest BCUT2D eigenvalue weighted by Gasteiger charge is -2.17. The first-order valence-corrected chi connectivity index (χ1v) is 5.94. The maximum Gasteiger partial charge on any atom is 0.116 e. The van der Waals surface area contributed by atoms with E-state index < -0.39 is 0 Å². The number of fused-ring (bicyclic) bond motifs is 1. The standard InChI is InChI=1S/C12H15N5/c1-2-17-6-11(16-8-17)12-9-5-13-4-3-10(9)14-7-15-12/h6-8,13H,2-5H2,1H3. The monoisotopic (exact) mass is 229 g/mol. The van der Waals surface area contributed by atoms with E-state index in [2.05, 4.69) is 31.8 Å². The van der Waals surface area contributed by atoms with E-state index in [4.69, 9.17) is 0 Å². The highest BCUT2D eigenvalue weighted by atomic mass is 15.0. The molecule has 0 bridgehead atoms. The van der Waals surface area contributed by atoms with Gasteiger partial charge < -0.3 is 9.88 Å². The van der Waals surface area contributed by atoms with Crippen molar-refractivity contribution in [3.8, 4) is 11.4 Å². The van der Waals surface area contributed by atoms with E-state index in [-0.39, 0.29) is 0 Å². The maximum atomic E-state index is 4.41. The van der Waals surface area contributed by atoms with Crippen molar-refractivity contribution in [3.63, 3.8) is 0 Å². The third-order valence-corrected chi connectivity index (χ3v) is 3.12. The Morgan fingerprint density at radius 1 is 1.35 bits per heavy atom. The van der Waals surface area contributed by atoms with Crippen LogP contribution < -0.4 is 5.32 Å². The van der Waals surface area contributed by atoms with Gasteiger partial charge in [0.1, 0.15) is 12.0 Å². The first-order chi connectivity index (χ1) is 8.38. The summed E-state index contributed by atoms with van der Waals surface area (Å²) < 4.78 is 2.06. The summed E-state index contributed by atoms with van der Waals surface area (Å²) in [5.41, 5.74) is 4.25. The van der Waals surface area contributed by atoms with Crippen molar-refractivity contribution in [2.75, 3.05) is 6.54 Å². The smallest absolute Gasteiger partial charge is 0.116 e. The first kappa shape index (κ1) is 10.4. The molecular weight excluding hydrogens is 214 g/mol. The highest BCUT2D eigenvalue weighted by Crippen LogP contribution is 2.23. The summed E-state index contributed by atoms with van der Waals surface area (Å²) in [5, 5.41) is 3.36. The van der Waals surface area contributed by atoms with Gasteiger partial charge in [-0.25, -0.2) is 15.0 Å². The molecule has 3 heterocycles. The van der Waals surface area contributed by atoms with Crippen molar-refractivity contribution in [3.05, 3.63) is 30.1 Å². The molecule has 0 spiro atoms. The van der Waals surface area contributed by atoms with E-state index in [0.717, 1.165) is 43.1 Å². The molecule has 0 atom stereocenters. The Morgan fingerprint density at radius 3 is 3.12 bits per heavy atom. The number of aromatic nitrogens is 4. The molecule has 0 radical (unpaired) electrons. The van der Waals surface area contributed by atoms with Gasteiger partial charge in [0.15, 0.2) is 0 Å². The van der Waals surface area contributed by atoms with Crippen LogP contribution in [0.3, 0.4) is 0 Å². The van der Waals surface area contributed by atoms with Crippen LogP contribution >= 0.6 is 0 Å². The van der Waals surface area contributed by atoms with Gasteiger partial charge in [-0.2, -0.15) is 0 Å². The Kier molecular flexibility index (Phi) is 2.60. The zero-order valence-corrected chi connectivity index (χ0v) is 9.85. The Hall–Kier alpha value is -1.75. The fourth-order valence-corrected chi connectivity index (χ4v) is 2.15. The van der Waals surface area contributed by atoms with Crippen LogP contribution in [-0.4, -0.2) is 26.1 Å². The number of aryl methyl sites for hydroxylation is 1. The van der Waals surface area contributed by atoms with E-state index in [1.54, 1.807) is 6.33 Å². The van der Waals surface area contributed by atoms with E-state index in [9.17, 15) is 0 Å². The molecular formula is C12H15N5. The van der Waals surface area contributed by atoms with Crippen LogP contribution in [0.5, 0.6) is 0 Å². The van der Waals surface area contributed by atoms with Gasteiger partial charge in [0.25, 0.3) is 0 Å². The Balaban J connectivity index is 2.07. The topological polar surface area (TPSA) is 55.6 Å². The molecule has 3 rings (SSSR count). The molecule has 0 aromatic carbocycles. The average molecular weight is 229 g/mol. The summed E-state index contributed by atoms with van der Waals surface area (Å²) in [7, 11) is 0. The highest BCUT2D eigenvalue weighted by Gasteiger charge is 2.17. The molecule has 2 aromatic heterocycles. The van der Waals surface area contributed by atoms with Crippen LogP contribution in [0.4, 0.5) is 0 Å². The molecule has 0 aliphatic carbocycles. The molecule has 5 heteroatoms. The summed E-state index contributed by atoms with van der Waals surface area (Å²) in [6, 6.07) is 0. The Bertz CT molecular complexity index is 531. The largest absolute Gasteiger partial charge is 0.337 e. The van der Waals surface area contributed by atoms with Gasteiger partial charge >= 0.3 is 0 Å².